The summed E-state index contributed by atoms with van der Waals surface area (Å²) in [5, 5.41) is 2.53. The summed E-state index contributed by atoms with van der Waals surface area (Å²) in [6.07, 6.45) is 2.67. The molecule has 0 atom stereocenters. The van der Waals surface area contributed by atoms with Gasteiger partial charge in [-0.05, 0) is 11.6 Å². The topological polar surface area (TPSA) is 29.1 Å². The van der Waals surface area contributed by atoms with E-state index in [1.165, 1.54) is 19.1 Å². The van der Waals surface area contributed by atoms with Gasteiger partial charge in [-0.15, -0.1) is 0 Å². The fourth-order valence-corrected chi connectivity index (χ4v) is 0.505. The van der Waals surface area contributed by atoms with Crippen molar-refractivity contribution in [2.75, 3.05) is 6.54 Å². The van der Waals surface area contributed by atoms with E-state index in [0.717, 1.165) is 0 Å². The molecule has 0 unspecified atom stereocenters. The Balaban J connectivity index is 3.75. The molecule has 0 saturated carbocycles. The molecule has 0 rings (SSSR count). The van der Waals surface area contributed by atoms with Crippen LogP contribution >= 0.6 is 0 Å². The first-order valence-corrected chi connectivity index (χ1v) is 3.47. The summed E-state index contributed by atoms with van der Waals surface area (Å²) in [5.41, 5.74) is 0.629. The molecule has 66 valence electrons. The Morgan fingerprint density at radius 2 is 2.08 bits per heavy atom. The molecule has 1 N–H and O–H groups in total. The van der Waals surface area contributed by atoms with E-state index in [0.29, 0.717) is 12.1 Å². The number of carbonyl (C=O) groups excluding carboxylic acids is 1. The maximum atomic E-state index is 12.1. The number of hydrogen-bond acceptors (Lipinski definition) is 1. The summed E-state index contributed by atoms with van der Waals surface area (Å²) < 4.78 is 12.1. The normalized spacial score (nSPS) is 9.83. The van der Waals surface area contributed by atoms with Gasteiger partial charge in [-0.1, -0.05) is 19.2 Å². The Hall–Kier alpha value is -1.38. The molecule has 0 bridgehead atoms. The van der Waals surface area contributed by atoms with Crippen LogP contribution in [0.15, 0.2) is 36.7 Å². The Morgan fingerprint density at radius 1 is 1.50 bits per heavy atom. The van der Waals surface area contributed by atoms with Crippen molar-refractivity contribution in [2.24, 2.45) is 0 Å². The highest BCUT2D eigenvalue weighted by atomic mass is 19.1. The highest BCUT2D eigenvalue weighted by molar-refractivity contribution is 5.73. The second-order valence-corrected chi connectivity index (χ2v) is 2.35. The van der Waals surface area contributed by atoms with Gasteiger partial charge in [0.1, 0.15) is 5.83 Å². The standard InChI is InChI=1S/C9H12FNO/c1-7(4-5-8(2)10)6-11-9(3)12/h4-5H,1-2,6H2,3H3,(H,11,12)/b5-4-. The number of halogens is 1. The SMILES string of the molecule is C=C(F)/C=C\C(=C)CNC(C)=O. The zero-order valence-electron chi connectivity index (χ0n) is 7.06. The lowest BCUT2D eigenvalue weighted by Crippen LogP contribution is -2.21. The molecule has 0 aliphatic heterocycles. The molecular formula is C9H12FNO. The molecule has 2 nitrogen and oxygen atoms in total. The van der Waals surface area contributed by atoms with Crippen molar-refractivity contribution in [1.29, 1.82) is 0 Å². The van der Waals surface area contributed by atoms with Crippen molar-refractivity contribution in [3.8, 4) is 0 Å². The number of amides is 1. The lowest BCUT2D eigenvalue weighted by molar-refractivity contribution is -0.118. The van der Waals surface area contributed by atoms with E-state index >= 15 is 0 Å². The number of rotatable bonds is 4. The number of hydrogen-bond donors (Lipinski definition) is 1. The average molecular weight is 169 g/mol. The van der Waals surface area contributed by atoms with E-state index in [4.69, 9.17) is 0 Å². The van der Waals surface area contributed by atoms with Crippen molar-refractivity contribution in [3.63, 3.8) is 0 Å². The summed E-state index contributed by atoms with van der Waals surface area (Å²) in [6, 6.07) is 0. The summed E-state index contributed by atoms with van der Waals surface area (Å²) in [6.45, 7) is 8.37. The summed E-state index contributed by atoms with van der Waals surface area (Å²) >= 11 is 0. The molecule has 0 heterocycles. The van der Waals surface area contributed by atoms with Gasteiger partial charge in [-0.2, -0.15) is 0 Å². The summed E-state index contributed by atoms with van der Waals surface area (Å²) in [4.78, 5) is 10.4. The van der Waals surface area contributed by atoms with Gasteiger partial charge in [0.2, 0.25) is 5.91 Å². The third-order valence-corrected chi connectivity index (χ3v) is 1.06. The molecule has 0 aromatic carbocycles. The first-order chi connectivity index (χ1) is 5.52. The third kappa shape index (κ3) is 6.74. The second-order valence-electron chi connectivity index (χ2n) is 2.35. The first kappa shape index (κ1) is 10.6. The van der Waals surface area contributed by atoms with Crippen molar-refractivity contribution in [1.82, 2.24) is 5.32 Å². The Labute approximate surface area is 71.5 Å². The Kier molecular flexibility index (Phi) is 4.69. The largest absolute Gasteiger partial charge is 0.352 e. The fourth-order valence-electron chi connectivity index (χ4n) is 0.505. The minimum absolute atomic E-state index is 0.136. The Morgan fingerprint density at radius 3 is 2.50 bits per heavy atom. The van der Waals surface area contributed by atoms with E-state index in [9.17, 15) is 9.18 Å². The minimum atomic E-state index is -0.529. The molecule has 1 amide bonds. The number of allylic oxidation sites excluding steroid dienone is 2. The molecule has 0 aliphatic carbocycles. The monoisotopic (exact) mass is 169 g/mol. The maximum Gasteiger partial charge on any atom is 0.217 e. The van der Waals surface area contributed by atoms with Crippen molar-refractivity contribution in [3.05, 3.63) is 36.7 Å². The average Bonchev–Trinajstić information content (AvgIpc) is 1.96. The van der Waals surface area contributed by atoms with Gasteiger partial charge in [0.05, 0.1) is 0 Å². The first-order valence-electron chi connectivity index (χ1n) is 3.47. The maximum absolute atomic E-state index is 12.1. The van der Waals surface area contributed by atoms with E-state index in [1.54, 1.807) is 0 Å². The molecule has 0 aromatic heterocycles. The lowest BCUT2D eigenvalue weighted by Gasteiger charge is -1.99. The van der Waals surface area contributed by atoms with Crippen LogP contribution in [0.4, 0.5) is 4.39 Å². The summed E-state index contributed by atoms with van der Waals surface area (Å²) in [5.74, 6) is -0.664. The van der Waals surface area contributed by atoms with Crippen LogP contribution in [0.2, 0.25) is 0 Å². The van der Waals surface area contributed by atoms with Crippen molar-refractivity contribution < 1.29 is 9.18 Å². The van der Waals surface area contributed by atoms with Crippen LogP contribution in [0.5, 0.6) is 0 Å². The van der Waals surface area contributed by atoms with Gasteiger partial charge < -0.3 is 5.32 Å². The molecular weight excluding hydrogens is 157 g/mol. The van der Waals surface area contributed by atoms with Crippen LogP contribution in [0.25, 0.3) is 0 Å². The summed E-state index contributed by atoms with van der Waals surface area (Å²) in [7, 11) is 0. The highest BCUT2D eigenvalue weighted by Crippen LogP contribution is 1.97. The molecule has 0 aliphatic rings. The van der Waals surface area contributed by atoms with Gasteiger partial charge in [-0.3, -0.25) is 4.79 Å². The zero-order valence-corrected chi connectivity index (χ0v) is 7.06. The molecule has 3 heteroatoms. The smallest absolute Gasteiger partial charge is 0.217 e. The van der Waals surface area contributed by atoms with Gasteiger partial charge >= 0.3 is 0 Å². The third-order valence-electron chi connectivity index (χ3n) is 1.06. The highest BCUT2D eigenvalue weighted by Gasteiger charge is 1.91. The van der Waals surface area contributed by atoms with Gasteiger partial charge in [0, 0.05) is 13.5 Å². The van der Waals surface area contributed by atoms with E-state index in [2.05, 4.69) is 18.5 Å². The molecule has 0 fully saturated rings. The Bertz CT molecular complexity index is 231. The van der Waals surface area contributed by atoms with E-state index in [-0.39, 0.29) is 5.91 Å². The van der Waals surface area contributed by atoms with Crippen LogP contribution < -0.4 is 5.32 Å². The molecule has 0 saturated heterocycles. The predicted octanol–water partition coefficient (Wildman–Crippen LogP) is 1.72. The van der Waals surface area contributed by atoms with E-state index in [1.807, 2.05) is 0 Å². The van der Waals surface area contributed by atoms with Crippen molar-refractivity contribution in [2.45, 2.75) is 6.92 Å². The van der Waals surface area contributed by atoms with Crippen LogP contribution in [-0.4, -0.2) is 12.5 Å². The minimum Gasteiger partial charge on any atom is -0.352 e. The molecule has 0 radical (unpaired) electrons. The van der Waals surface area contributed by atoms with Gasteiger partial charge in [0.15, 0.2) is 0 Å². The number of nitrogens with one attached hydrogen (secondary N) is 1. The molecule has 12 heavy (non-hydrogen) atoms. The zero-order chi connectivity index (χ0) is 9.56. The van der Waals surface area contributed by atoms with Crippen LogP contribution in [-0.2, 0) is 4.79 Å². The fraction of sp³-hybridized carbons (Fsp3) is 0.222. The quantitative estimate of drug-likeness (QED) is 0.638. The predicted molar refractivity (Wildman–Crippen MR) is 47.2 cm³/mol. The lowest BCUT2D eigenvalue weighted by atomic mass is 10.2. The van der Waals surface area contributed by atoms with Crippen LogP contribution in [0, 0.1) is 0 Å². The molecule has 0 spiro atoms. The van der Waals surface area contributed by atoms with Gasteiger partial charge in [0.25, 0.3) is 0 Å². The van der Waals surface area contributed by atoms with Crippen LogP contribution in [0.1, 0.15) is 6.92 Å². The molecule has 0 aromatic rings. The van der Waals surface area contributed by atoms with Crippen LogP contribution in [0.3, 0.4) is 0 Å². The second kappa shape index (κ2) is 5.29. The van der Waals surface area contributed by atoms with E-state index < -0.39 is 5.83 Å². The van der Waals surface area contributed by atoms with Gasteiger partial charge in [-0.25, -0.2) is 4.39 Å². The number of carbonyl (C=O) groups is 1. The van der Waals surface area contributed by atoms with Crippen molar-refractivity contribution >= 4 is 5.91 Å².